The standard InChI is InChI=1S/C4H11N.C2H8Si/c1-2-3-4-5;1-2-3/h2-5H2,1H3;2H2,1,3H3. The first-order chi connectivity index (χ1) is 3.83. The highest BCUT2D eigenvalue weighted by Gasteiger charge is 1.67. The second-order valence-electron chi connectivity index (χ2n) is 1.85. The molecule has 0 fully saturated rings. The normalized spacial score (nSPS) is 7.88. The van der Waals surface area contributed by atoms with E-state index in [9.17, 15) is 0 Å². The zero-order valence-electron chi connectivity index (χ0n) is 6.41. The molecule has 0 saturated carbocycles. The molecule has 0 atom stereocenters. The molecular weight excluding hydrogens is 114 g/mol. The summed E-state index contributed by atoms with van der Waals surface area (Å²) in [6.07, 6.45) is 2.39. The summed E-state index contributed by atoms with van der Waals surface area (Å²) in [4.78, 5) is 0. The molecule has 8 heavy (non-hydrogen) atoms. The first-order valence-corrected chi connectivity index (χ1v) is 4.94. The van der Waals surface area contributed by atoms with Crippen molar-refractivity contribution in [2.75, 3.05) is 6.54 Å². The van der Waals surface area contributed by atoms with Crippen LogP contribution >= 0.6 is 0 Å². The third kappa shape index (κ3) is 34.9. The summed E-state index contributed by atoms with van der Waals surface area (Å²) >= 11 is 0. The Morgan fingerprint density at radius 1 is 1.38 bits per heavy atom. The number of nitrogens with two attached hydrogens (primary N) is 1. The minimum absolute atomic E-state index is 0.844. The maximum Gasteiger partial charge on any atom is 0.00244 e. The van der Waals surface area contributed by atoms with Gasteiger partial charge in [0, 0.05) is 10.2 Å². The van der Waals surface area contributed by atoms with Crippen LogP contribution in [-0.2, 0) is 0 Å². The Morgan fingerprint density at radius 3 is 1.75 bits per heavy atom. The zero-order valence-corrected chi connectivity index (χ0v) is 8.41. The molecule has 2 heteroatoms. The highest BCUT2D eigenvalue weighted by Crippen LogP contribution is 1.77. The van der Waals surface area contributed by atoms with Gasteiger partial charge in [0.2, 0.25) is 0 Å². The highest BCUT2D eigenvalue weighted by molar-refractivity contribution is 6.08. The van der Waals surface area contributed by atoms with Gasteiger partial charge in [-0.25, -0.2) is 0 Å². The summed E-state index contributed by atoms with van der Waals surface area (Å²) in [5.41, 5.74) is 5.14. The Hall–Kier alpha value is 0.177. The van der Waals surface area contributed by atoms with Crippen LogP contribution in [-0.4, -0.2) is 16.8 Å². The summed E-state index contributed by atoms with van der Waals surface area (Å²) in [5.74, 6) is 0. The van der Waals surface area contributed by atoms with E-state index in [0.29, 0.717) is 0 Å². The van der Waals surface area contributed by atoms with Gasteiger partial charge in [-0.05, 0) is 13.0 Å². The van der Waals surface area contributed by atoms with Gasteiger partial charge in [0.15, 0.2) is 0 Å². The Kier molecular flexibility index (Phi) is 21.7. The third-order valence-electron chi connectivity index (χ3n) is 0.558. The van der Waals surface area contributed by atoms with E-state index in [2.05, 4.69) is 13.8 Å². The maximum atomic E-state index is 5.14. The lowest BCUT2D eigenvalue weighted by molar-refractivity contribution is 0.807. The van der Waals surface area contributed by atoms with Crippen molar-refractivity contribution in [1.82, 2.24) is 0 Å². The van der Waals surface area contributed by atoms with Gasteiger partial charge in [-0.3, -0.25) is 0 Å². The molecule has 0 radical (unpaired) electrons. The van der Waals surface area contributed by atoms with E-state index in [1.807, 2.05) is 0 Å². The molecule has 0 aromatic rings. The van der Waals surface area contributed by atoms with E-state index in [-0.39, 0.29) is 0 Å². The van der Waals surface area contributed by atoms with Crippen molar-refractivity contribution >= 4 is 10.2 Å². The van der Waals surface area contributed by atoms with Crippen molar-refractivity contribution in [1.29, 1.82) is 0 Å². The van der Waals surface area contributed by atoms with Crippen LogP contribution < -0.4 is 5.73 Å². The summed E-state index contributed by atoms with van der Waals surface area (Å²) in [7, 11) is 1.37. The van der Waals surface area contributed by atoms with E-state index < -0.39 is 0 Å². The van der Waals surface area contributed by atoms with Gasteiger partial charge >= 0.3 is 0 Å². The van der Waals surface area contributed by atoms with Crippen LogP contribution in [0, 0.1) is 0 Å². The Morgan fingerprint density at radius 2 is 1.75 bits per heavy atom. The van der Waals surface area contributed by atoms with Crippen LogP contribution in [0.2, 0.25) is 6.04 Å². The molecule has 0 rings (SSSR count). The lowest BCUT2D eigenvalue weighted by Gasteiger charge is -1.80. The average molecular weight is 133 g/mol. The van der Waals surface area contributed by atoms with E-state index in [1.54, 1.807) is 0 Å². The van der Waals surface area contributed by atoms with E-state index >= 15 is 0 Å². The van der Waals surface area contributed by atoms with E-state index in [0.717, 1.165) is 6.54 Å². The Labute approximate surface area is 56.1 Å². The van der Waals surface area contributed by atoms with Crippen molar-refractivity contribution in [2.24, 2.45) is 5.73 Å². The van der Waals surface area contributed by atoms with Crippen LogP contribution in [0.1, 0.15) is 26.7 Å². The molecule has 0 bridgehead atoms. The zero-order chi connectivity index (χ0) is 6.83. The van der Waals surface area contributed by atoms with E-state index in [4.69, 9.17) is 5.73 Å². The number of hydrogen-bond acceptors (Lipinski definition) is 1. The first-order valence-electron chi connectivity index (χ1n) is 3.53. The second-order valence-corrected chi connectivity index (χ2v) is 3.26. The average Bonchev–Trinajstić information content (AvgIpc) is 1.71. The van der Waals surface area contributed by atoms with Crippen LogP contribution in [0.5, 0.6) is 0 Å². The molecule has 0 saturated heterocycles. The fraction of sp³-hybridized carbons (Fsp3) is 1.00. The number of unbranched alkanes of at least 4 members (excludes halogenated alkanes) is 1. The molecule has 0 heterocycles. The molecule has 0 unspecified atom stereocenters. The topological polar surface area (TPSA) is 26.0 Å². The molecule has 0 aromatic carbocycles. The first kappa shape index (κ1) is 11.0. The van der Waals surface area contributed by atoms with Gasteiger partial charge in [-0.15, -0.1) is 0 Å². The number of rotatable bonds is 2. The van der Waals surface area contributed by atoms with E-state index in [1.165, 1.54) is 29.1 Å². The second kappa shape index (κ2) is 15.7. The van der Waals surface area contributed by atoms with Crippen LogP contribution in [0.4, 0.5) is 0 Å². The monoisotopic (exact) mass is 133 g/mol. The fourth-order valence-electron chi connectivity index (χ4n) is 0.204. The lowest BCUT2D eigenvalue weighted by Crippen LogP contribution is -1.95. The quantitative estimate of drug-likeness (QED) is 0.547. The van der Waals surface area contributed by atoms with Gasteiger partial charge in [-0.1, -0.05) is 26.3 Å². The highest BCUT2D eigenvalue weighted by atomic mass is 28.1. The molecule has 0 spiro atoms. The lowest BCUT2D eigenvalue weighted by atomic mass is 10.3. The van der Waals surface area contributed by atoms with Gasteiger partial charge in [0.1, 0.15) is 0 Å². The Bertz CT molecular complexity index is 22.5. The van der Waals surface area contributed by atoms with Gasteiger partial charge in [0.05, 0.1) is 0 Å². The van der Waals surface area contributed by atoms with Gasteiger partial charge < -0.3 is 5.73 Å². The molecule has 0 aliphatic heterocycles. The van der Waals surface area contributed by atoms with Crippen molar-refractivity contribution in [3.05, 3.63) is 0 Å². The van der Waals surface area contributed by atoms with Gasteiger partial charge in [-0.2, -0.15) is 0 Å². The van der Waals surface area contributed by atoms with Crippen molar-refractivity contribution < 1.29 is 0 Å². The minimum atomic E-state index is 0.844. The predicted molar refractivity (Wildman–Crippen MR) is 44.4 cm³/mol. The summed E-state index contributed by atoms with van der Waals surface area (Å²) in [6, 6.07) is 1.39. The van der Waals surface area contributed by atoms with Crippen LogP contribution in [0.25, 0.3) is 0 Å². The number of hydrogen-bond donors (Lipinski definition) is 1. The minimum Gasteiger partial charge on any atom is -0.330 e. The van der Waals surface area contributed by atoms with Crippen molar-refractivity contribution in [3.63, 3.8) is 0 Å². The smallest absolute Gasteiger partial charge is 0.00244 e. The SMILES string of the molecule is CCCCN.CC[SiH3]. The molecule has 0 aromatic heterocycles. The fourth-order valence-corrected chi connectivity index (χ4v) is 0.204. The summed E-state index contributed by atoms with van der Waals surface area (Å²) in [5, 5.41) is 0. The van der Waals surface area contributed by atoms with Crippen LogP contribution in [0.3, 0.4) is 0 Å². The molecule has 2 N–H and O–H groups in total. The largest absolute Gasteiger partial charge is 0.330 e. The molecular formula is C6H19NSi. The molecule has 1 nitrogen and oxygen atoms in total. The summed E-state index contributed by atoms with van der Waals surface area (Å²) < 4.78 is 0. The van der Waals surface area contributed by atoms with Gasteiger partial charge in [0.25, 0.3) is 0 Å². The maximum absolute atomic E-state index is 5.14. The third-order valence-corrected chi connectivity index (χ3v) is 0.558. The molecule has 52 valence electrons. The Balaban J connectivity index is 0. The van der Waals surface area contributed by atoms with Crippen molar-refractivity contribution in [2.45, 2.75) is 32.7 Å². The molecule has 0 amide bonds. The van der Waals surface area contributed by atoms with Crippen molar-refractivity contribution in [3.8, 4) is 0 Å². The molecule has 0 aliphatic rings. The summed E-state index contributed by atoms with van der Waals surface area (Å²) in [6.45, 7) is 5.16. The molecule has 0 aliphatic carbocycles. The predicted octanol–water partition coefficient (Wildman–Crippen LogP) is 0.535. The van der Waals surface area contributed by atoms with Crippen LogP contribution in [0.15, 0.2) is 0 Å².